The van der Waals surface area contributed by atoms with Crippen LogP contribution >= 0.6 is 0 Å². The molecule has 0 N–H and O–H groups in total. The second kappa shape index (κ2) is 6.67. The Hall–Kier alpha value is -1.94. The molecule has 1 amide bonds. The van der Waals surface area contributed by atoms with Crippen molar-refractivity contribution in [2.75, 3.05) is 11.4 Å². The van der Waals surface area contributed by atoms with Gasteiger partial charge in [0.15, 0.2) is 0 Å². The smallest absolute Gasteiger partial charge is 0.242 e. The Morgan fingerprint density at radius 2 is 1.87 bits per heavy atom. The molecular weight excluding hydrogens is 306 g/mol. The molecule has 3 rings (SSSR count). The van der Waals surface area contributed by atoms with Crippen molar-refractivity contribution in [3.05, 3.63) is 65.2 Å². The first kappa shape index (κ1) is 15.9. The maximum absolute atomic E-state index is 12.8. The molecular formula is C19H21NO2S. The number of hydrogen-bond donors (Lipinski definition) is 0. The molecule has 0 saturated heterocycles. The van der Waals surface area contributed by atoms with Gasteiger partial charge in [-0.25, -0.2) is 0 Å². The van der Waals surface area contributed by atoms with Gasteiger partial charge in [-0.15, -0.1) is 0 Å². The Morgan fingerprint density at radius 3 is 2.65 bits per heavy atom. The van der Waals surface area contributed by atoms with Crippen molar-refractivity contribution in [2.45, 2.75) is 31.3 Å². The lowest BCUT2D eigenvalue weighted by atomic mass is 10.1. The number of rotatable bonds is 4. The molecule has 1 aliphatic rings. The highest BCUT2D eigenvalue weighted by molar-refractivity contribution is 7.85. The molecule has 0 aromatic heterocycles. The number of nitrogens with zero attached hydrogens (tertiary/aromatic N) is 1. The van der Waals surface area contributed by atoms with Gasteiger partial charge in [0.25, 0.3) is 0 Å². The molecule has 0 fully saturated rings. The van der Waals surface area contributed by atoms with Crippen LogP contribution in [0, 0.1) is 6.92 Å². The average Bonchev–Trinajstić information content (AvgIpc) is 2.99. The van der Waals surface area contributed by atoms with Crippen LogP contribution in [0.5, 0.6) is 0 Å². The summed E-state index contributed by atoms with van der Waals surface area (Å²) in [5.41, 5.74) is 4.33. The second-order valence-electron chi connectivity index (χ2n) is 5.96. The standard InChI is InChI=1S/C19H21NO2S/c1-14-7-3-4-9-17(14)13-23(22)15(2)19(21)20-12-11-16-8-5-6-10-18(16)20/h3-10,15H,11-13H2,1-2H3/t15-,23+/m0/s1. The molecule has 0 spiro atoms. The summed E-state index contributed by atoms with van der Waals surface area (Å²) in [6.07, 6.45) is 0.874. The number of carbonyl (C=O) groups is 1. The van der Waals surface area contributed by atoms with Crippen molar-refractivity contribution >= 4 is 22.4 Å². The van der Waals surface area contributed by atoms with Crippen LogP contribution in [0.25, 0.3) is 0 Å². The predicted octanol–water partition coefficient (Wildman–Crippen LogP) is 3.22. The largest absolute Gasteiger partial charge is 0.311 e. The van der Waals surface area contributed by atoms with Crippen LogP contribution in [0.3, 0.4) is 0 Å². The Balaban J connectivity index is 1.73. The van der Waals surface area contributed by atoms with Crippen molar-refractivity contribution in [3.8, 4) is 0 Å². The summed E-state index contributed by atoms with van der Waals surface area (Å²) in [5, 5.41) is -0.499. The fourth-order valence-electron chi connectivity index (χ4n) is 2.95. The Kier molecular flexibility index (Phi) is 4.62. The third-order valence-electron chi connectivity index (χ3n) is 4.45. The number of hydrogen-bond acceptors (Lipinski definition) is 2. The molecule has 1 heterocycles. The topological polar surface area (TPSA) is 37.4 Å². The van der Waals surface area contributed by atoms with Crippen molar-refractivity contribution < 1.29 is 9.00 Å². The third kappa shape index (κ3) is 3.22. The third-order valence-corrected chi connectivity index (χ3v) is 6.04. The molecule has 2 atom stereocenters. The molecule has 0 saturated carbocycles. The van der Waals surface area contributed by atoms with Gasteiger partial charge in [-0.2, -0.15) is 0 Å². The van der Waals surface area contributed by atoms with Gasteiger partial charge in [-0.3, -0.25) is 9.00 Å². The summed E-state index contributed by atoms with van der Waals surface area (Å²) in [5.74, 6) is 0.386. The van der Waals surface area contributed by atoms with Gasteiger partial charge >= 0.3 is 0 Å². The van der Waals surface area contributed by atoms with Gasteiger partial charge < -0.3 is 4.90 Å². The zero-order valence-electron chi connectivity index (χ0n) is 13.5. The molecule has 4 heteroatoms. The van der Waals surface area contributed by atoms with Crippen LogP contribution in [-0.2, 0) is 27.8 Å². The predicted molar refractivity (Wildman–Crippen MR) is 95.0 cm³/mol. The number of aryl methyl sites for hydroxylation is 1. The fourth-order valence-corrected chi connectivity index (χ4v) is 4.18. The summed E-state index contributed by atoms with van der Waals surface area (Å²) in [6.45, 7) is 4.47. The normalized spacial score (nSPS) is 16.0. The number of fused-ring (bicyclic) bond motifs is 1. The van der Waals surface area contributed by atoms with Gasteiger partial charge in [0.1, 0.15) is 5.25 Å². The summed E-state index contributed by atoms with van der Waals surface area (Å²) in [6, 6.07) is 15.9. The van der Waals surface area contributed by atoms with Gasteiger partial charge in [0.05, 0.1) is 0 Å². The fraction of sp³-hybridized carbons (Fsp3) is 0.316. The lowest BCUT2D eigenvalue weighted by Gasteiger charge is -2.21. The van der Waals surface area contributed by atoms with E-state index in [2.05, 4.69) is 6.07 Å². The maximum atomic E-state index is 12.8. The number of carbonyl (C=O) groups excluding carboxylic acids is 1. The minimum absolute atomic E-state index is 0.0399. The van der Waals surface area contributed by atoms with E-state index >= 15 is 0 Å². The monoisotopic (exact) mass is 327 g/mol. The zero-order chi connectivity index (χ0) is 16.4. The number of anilines is 1. The quantitative estimate of drug-likeness (QED) is 0.864. The van der Waals surface area contributed by atoms with E-state index in [-0.39, 0.29) is 5.91 Å². The first-order valence-corrected chi connectivity index (χ1v) is 9.27. The highest BCUT2D eigenvalue weighted by Gasteiger charge is 2.30. The molecule has 0 radical (unpaired) electrons. The van der Waals surface area contributed by atoms with Crippen LogP contribution < -0.4 is 4.90 Å². The minimum Gasteiger partial charge on any atom is -0.311 e. The van der Waals surface area contributed by atoms with Gasteiger partial charge in [0, 0.05) is 28.8 Å². The van der Waals surface area contributed by atoms with Crippen molar-refractivity contribution in [3.63, 3.8) is 0 Å². The maximum Gasteiger partial charge on any atom is 0.242 e. The van der Waals surface area contributed by atoms with Crippen LogP contribution in [0.2, 0.25) is 0 Å². The zero-order valence-corrected chi connectivity index (χ0v) is 14.3. The number of amides is 1. The molecule has 2 aromatic carbocycles. The van der Waals surface area contributed by atoms with Crippen molar-refractivity contribution in [1.82, 2.24) is 0 Å². The van der Waals surface area contributed by atoms with Crippen LogP contribution in [-0.4, -0.2) is 21.9 Å². The summed E-state index contributed by atoms with van der Waals surface area (Å²) in [7, 11) is -1.22. The molecule has 0 bridgehead atoms. The molecule has 0 unspecified atom stereocenters. The van der Waals surface area contributed by atoms with E-state index in [0.717, 1.165) is 23.2 Å². The minimum atomic E-state index is -1.22. The Morgan fingerprint density at radius 1 is 1.17 bits per heavy atom. The van der Waals surface area contributed by atoms with Crippen molar-refractivity contribution in [2.24, 2.45) is 0 Å². The Bertz CT molecular complexity index is 757. The summed E-state index contributed by atoms with van der Waals surface area (Å²) < 4.78 is 12.6. The first-order valence-electron chi connectivity index (χ1n) is 7.89. The van der Waals surface area contributed by atoms with Crippen LogP contribution in [0.15, 0.2) is 48.5 Å². The van der Waals surface area contributed by atoms with Crippen molar-refractivity contribution in [1.29, 1.82) is 0 Å². The van der Waals surface area contributed by atoms with Crippen LogP contribution in [0.4, 0.5) is 5.69 Å². The van der Waals surface area contributed by atoms with E-state index in [4.69, 9.17) is 0 Å². The van der Waals surface area contributed by atoms with E-state index in [9.17, 15) is 9.00 Å². The molecule has 0 aliphatic carbocycles. The number of para-hydroxylation sites is 1. The molecule has 1 aliphatic heterocycles. The summed E-state index contributed by atoms with van der Waals surface area (Å²) >= 11 is 0. The van der Waals surface area contributed by atoms with E-state index in [1.54, 1.807) is 11.8 Å². The highest BCUT2D eigenvalue weighted by Crippen LogP contribution is 2.28. The van der Waals surface area contributed by atoms with Gasteiger partial charge in [0.2, 0.25) is 5.91 Å². The molecule has 23 heavy (non-hydrogen) atoms. The van der Waals surface area contributed by atoms with E-state index in [0.29, 0.717) is 12.3 Å². The molecule has 3 nitrogen and oxygen atoms in total. The number of benzene rings is 2. The summed E-state index contributed by atoms with van der Waals surface area (Å²) in [4.78, 5) is 14.5. The Labute approximate surface area is 139 Å². The molecule has 120 valence electrons. The lowest BCUT2D eigenvalue weighted by Crippen LogP contribution is -2.39. The second-order valence-corrected chi connectivity index (χ2v) is 7.72. The van der Waals surface area contributed by atoms with Gasteiger partial charge in [-0.1, -0.05) is 42.5 Å². The van der Waals surface area contributed by atoms with E-state index in [1.807, 2.05) is 49.4 Å². The van der Waals surface area contributed by atoms with E-state index < -0.39 is 16.0 Å². The average molecular weight is 327 g/mol. The molecule has 2 aromatic rings. The highest BCUT2D eigenvalue weighted by atomic mass is 32.2. The van der Waals surface area contributed by atoms with Gasteiger partial charge in [-0.05, 0) is 43.0 Å². The van der Waals surface area contributed by atoms with E-state index in [1.165, 1.54) is 5.56 Å². The van der Waals surface area contributed by atoms with Crippen LogP contribution in [0.1, 0.15) is 23.6 Å². The lowest BCUT2D eigenvalue weighted by molar-refractivity contribution is -0.117. The first-order chi connectivity index (χ1) is 11.1. The SMILES string of the molecule is Cc1ccccc1C[S@@](=O)[C@@H](C)C(=O)N1CCc2ccccc21.